The summed E-state index contributed by atoms with van der Waals surface area (Å²) in [7, 11) is 0. The third-order valence-corrected chi connectivity index (χ3v) is 10.7. The Morgan fingerprint density at radius 2 is 0.826 bits per heavy atom. The Bertz CT molecular complexity index is 2410. The lowest BCUT2D eigenvalue weighted by molar-refractivity contribution is 0.734. The average Bonchev–Trinajstić information content (AvgIpc) is 3.14. The Balaban J connectivity index is 1.41. The third-order valence-electron chi connectivity index (χ3n) is 10.7. The van der Waals surface area contributed by atoms with Crippen LogP contribution in [-0.4, -0.2) is 0 Å². The van der Waals surface area contributed by atoms with Gasteiger partial charge >= 0.3 is 0 Å². The second-order valence-corrected chi connectivity index (χ2v) is 12.8. The molecule has 0 amide bonds. The van der Waals surface area contributed by atoms with Gasteiger partial charge in [-0.3, -0.25) is 0 Å². The van der Waals surface area contributed by atoms with Crippen molar-refractivity contribution in [3.8, 4) is 33.4 Å². The maximum absolute atomic E-state index is 2.65. The van der Waals surface area contributed by atoms with Crippen molar-refractivity contribution in [3.05, 3.63) is 186 Å². The molecule has 8 aromatic rings. The molecule has 212 valence electrons. The highest BCUT2D eigenvalue weighted by atomic mass is 15.2. The first-order chi connectivity index (χ1) is 22.8. The molecule has 0 radical (unpaired) electrons. The Hall–Kier alpha value is -5.92. The van der Waals surface area contributed by atoms with Crippen LogP contribution >= 0.6 is 0 Å². The van der Waals surface area contributed by atoms with Gasteiger partial charge in [0.1, 0.15) is 0 Å². The van der Waals surface area contributed by atoms with Crippen LogP contribution in [-0.2, 0) is 5.41 Å². The predicted octanol–water partition coefficient (Wildman–Crippen LogP) is 11.8. The van der Waals surface area contributed by atoms with Gasteiger partial charge in [-0.2, -0.15) is 0 Å². The molecule has 0 atom stereocenters. The maximum Gasteiger partial charge on any atom is 0.0742 e. The monoisotopic (exact) mass is 581 g/mol. The molecule has 3 aliphatic heterocycles. The zero-order valence-electron chi connectivity index (χ0n) is 25.0. The standard InChI is InChI=1S/C45H27N/c1-4-12-28(13-5-1)31-26-36-34-20-10-14-29-22-24-38-43(40(29)34)46-42(36)37(27-31)35-21-11-15-30-23-25-39(44(46)41(30)35)45(38,32-16-6-2-7-17-32)33-18-8-3-9-19-33/h1-27H. The van der Waals surface area contributed by atoms with Gasteiger partial charge in [-0.05, 0) is 67.4 Å². The molecule has 11 rings (SSSR count). The summed E-state index contributed by atoms with van der Waals surface area (Å²) in [5.41, 5.74) is 16.4. The molecule has 0 aromatic heterocycles. The number of benzene rings is 8. The largest absolute Gasteiger partial charge is 0.307 e. The molecule has 3 aliphatic rings. The summed E-state index contributed by atoms with van der Waals surface area (Å²) < 4.78 is 0. The lowest BCUT2D eigenvalue weighted by Gasteiger charge is -2.51. The molecule has 0 fully saturated rings. The van der Waals surface area contributed by atoms with Gasteiger partial charge in [0.2, 0.25) is 0 Å². The first kappa shape index (κ1) is 24.4. The Kier molecular flexibility index (Phi) is 4.57. The topological polar surface area (TPSA) is 3.24 Å². The molecule has 46 heavy (non-hydrogen) atoms. The van der Waals surface area contributed by atoms with E-state index in [9.17, 15) is 0 Å². The Labute approximate surface area is 267 Å². The highest BCUT2D eigenvalue weighted by Gasteiger charge is 2.50. The molecule has 0 unspecified atom stereocenters. The smallest absolute Gasteiger partial charge is 0.0742 e. The van der Waals surface area contributed by atoms with Crippen molar-refractivity contribution in [2.45, 2.75) is 5.41 Å². The van der Waals surface area contributed by atoms with Crippen molar-refractivity contribution < 1.29 is 0 Å². The quantitative estimate of drug-likeness (QED) is 0.201. The fourth-order valence-electron chi connectivity index (χ4n) is 8.97. The zero-order valence-corrected chi connectivity index (χ0v) is 25.0. The van der Waals surface area contributed by atoms with E-state index in [1.807, 2.05) is 0 Å². The molecule has 0 N–H and O–H groups in total. The first-order valence-electron chi connectivity index (χ1n) is 16.1. The number of nitrogens with zero attached hydrogens (tertiary/aromatic N) is 1. The van der Waals surface area contributed by atoms with E-state index >= 15 is 0 Å². The number of hydrogen-bond acceptors (Lipinski definition) is 1. The minimum atomic E-state index is -0.495. The lowest BCUT2D eigenvalue weighted by atomic mass is 9.60. The fourth-order valence-corrected chi connectivity index (χ4v) is 8.97. The Morgan fingerprint density at radius 3 is 1.33 bits per heavy atom. The summed E-state index contributed by atoms with van der Waals surface area (Å²) in [4.78, 5) is 2.65. The van der Waals surface area contributed by atoms with Gasteiger partial charge in [0.05, 0.1) is 22.5 Å². The van der Waals surface area contributed by atoms with Gasteiger partial charge in [0.15, 0.2) is 0 Å². The van der Waals surface area contributed by atoms with Crippen LogP contribution in [0.25, 0.3) is 54.9 Å². The molecular weight excluding hydrogens is 555 g/mol. The molecule has 0 saturated carbocycles. The zero-order chi connectivity index (χ0) is 30.0. The predicted molar refractivity (Wildman–Crippen MR) is 191 cm³/mol. The fraction of sp³-hybridized carbons (Fsp3) is 0.0222. The van der Waals surface area contributed by atoms with Crippen molar-refractivity contribution in [1.29, 1.82) is 0 Å². The van der Waals surface area contributed by atoms with Crippen LogP contribution in [0.1, 0.15) is 22.3 Å². The van der Waals surface area contributed by atoms with E-state index in [1.165, 1.54) is 94.2 Å². The van der Waals surface area contributed by atoms with Crippen LogP contribution in [0.5, 0.6) is 0 Å². The van der Waals surface area contributed by atoms with Gasteiger partial charge in [0, 0.05) is 21.9 Å². The average molecular weight is 582 g/mol. The molecule has 1 heteroatoms. The summed E-state index contributed by atoms with van der Waals surface area (Å²) >= 11 is 0. The molecule has 0 bridgehead atoms. The van der Waals surface area contributed by atoms with Crippen LogP contribution in [0.2, 0.25) is 0 Å². The van der Waals surface area contributed by atoms with E-state index in [-0.39, 0.29) is 0 Å². The number of rotatable bonds is 3. The van der Waals surface area contributed by atoms with Crippen molar-refractivity contribution >= 4 is 38.6 Å². The third kappa shape index (κ3) is 2.83. The normalized spacial score (nSPS) is 14.2. The van der Waals surface area contributed by atoms with Gasteiger partial charge < -0.3 is 4.90 Å². The van der Waals surface area contributed by atoms with Crippen LogP contribution in [0.3, 0.4) is 0 Å². The number of anilines is 3. The second kappa shape index (κ2) is 8.62. The molecule has 0 spiro atoms. The van der Waals surface area contributed by atoms with Gasteiger partial charge in [-0.1, -0.05) is 152 Å². The van der Waals surface area contributed by atoms with E-state index in [0.29, 0.717) is 0 Å². The van der Waals surface area contributed by atoms with Gasteiger partial charge in [0.25, 0.3) is 0 Å². The summed E-state index contributed by atoms with van der Waals surface area (Å²) in [6.45, 7) is 0. The summed E-state index contributed by atoms with van der Waals surface area (Å²) in [6.07, 6.45) is 0. The minimum absolute atomic E-state index is 0.495. The summed E-state index contributed by atoms with van der Waals surface area (Å²) in [5.74, 6) is 0. The summed E-state index contributed by atoms with van der Waals surface area (Å²) in [5, 5.41) is 5.22. The van der Waals surface area contributed by atoms with Crippen LogP contribution in [0.15, 0.2) is 164 Å². The first-order valence-corrected chi connectivity index (χ1v) is 16.1. The second-order valence-electron chi connectivity index (χ2n) is 12.8. The molecular formula is C45H27N. The molecule has 3 heterocycles. The SMILES string of the molecule is c1ccc(-c2cc3c4c(c2)-c2cccc5ccc6c(c25)N4c2c(ccc4cccc-3c24)C6(c2ccccc2)c2ccccc2)cc1. The van der Waals surface area contributed by atoms with E-state index < -0.39 is 5.41 Å². The lowest BCUT2D eigenvalue weighted by Crippen LogP contribution is -2.39. The molecule has 0 saturated heterocycles. The van der Waals surface area contributed by atoms with E-state index in [0.717, 1.165) is 0 Å². The number of hydrogen-bond donors (Lipinski definition) is 0. The van der Waals surface area contributed by atoms with E-state index in [2.05, 4.69) is 169 Å². The van der Waals surface area contributed by atoms with E-state index in [1.54, 1.807) is 0 Å². The minimum Gasteiger partial charge on any atom is -0.307 e. The number of fused-ring (bicyclic) bond motifs is 2. The van der Waals surface area contributed by atoms with Crippen molar-refractivity contribution in [1.82, 2.24) is 0 Å². The summed E-state index contributed by atoms with van der Waals surface area (Å²) in [6, 6.07) is 61.3. The molecule has 0 aliphatic carbocycles. The maximum atomic E-state index is 2.65. The molecule has 1 nitrogen and oxygen atoms in total. The van der Waals surface area contributed by atoms with Gasteiger partial charge in [-0.15, -0.1) is 0 Å². The van der Waals surface area contributed by atoms with Crippen molar-refractivity contribution in [3.63, 3.8) is 0 Å². The van der Waals surface area contributed by atoms with Crippen molar-refractivity contribution in [2.75, 3.05) is 4.90 Å². The van der Waals surface area contributed by atoms with Crippen LogP contribution in [0, 0.1) is 0 Å². The van der Waals surface area contributed by atoms with Crippen molar-refractivity contribution in [2.24, 2.45) is 0 Å². The highest BCUT2D eigenvalue weighted by molar-refractivity contribution is 6.26. The van der Waals surface area contributed by atoms with E-state index in [4.69, 9.17) is 0 Å². The Morgan fingerprint density at radius 1 is 0.348 bits per heavy atom. The highest BCUT2D eigenvalue weighted by Crippen LogP contribution is 2.68. The molecule has 8 aromatic carbocycles. The van der Waals surface area contributed by atoms with Gasteiger partial charge in [-0.25, -0.2) is 0 Å². The van der Waals surface area contributed by atoms with Crippen LogP contribution in [0.4, 0.5) is 17.1 Å². The van der Waals surface area contributed by atoms with Crippen LogP contribution < -0.4 is 4.90 Å².